The lowest BCUT2D eigenvalue weighted by Crippen LogP contribution is -2.46. The molecular weight excluding hydrogens is 997 g/mol. The molecule has 11 heteroatoms. The van der Waals surface area contributed by atoms with Crippen LogP contribution in [0.15, 0.2) is 0 Å². The van der Waals surface area contributed by atoms with Gasteiger partial charge < -0.3 is 39.9 Å². The Morgan fingerprint density at radius 3 is 0.605 bits per heavy atom. The van der Waals surface area contributed by atoms with Gasteiger partial charge >= 0.3 is 0 Å². The summed E-state index contributed by atoms with van der Waals surface area (Å²) >= 11 is 0. The molecular formula is C70H166N10O. The van der Waals surface area contributed by atoms with Gasteiger partial charge in [-0.1, -0.05) is 97.9 Å². The molecule has 0 aromatic heterocycles. The highest BCUT2D eigenvalue weighted by Crippen LogP contribution is 2.15. The Morgan fingerprint density at radius 2 is 0.370 bits per heavy atom. The van der Waals surface area contributed by atoms with E-state index in [-0.39, 0.29) is 59.4 Å². The summed E-state index contributed by atoms with van der Waals surface area (Å²) in [7, 11) is 0. The molecule has 8 saturated heterocycles. The second-order valence-corrected chi connectivity index (χ2v) is 24.8. The molecule has 0 aliphatic carbocycles. The summed E-state index contributed by atoms with van der Waals surface area (Å²) in [6, 6.07) is 5.99. The average molecular weight is 1160 g/mol. The first-order chi connectivity index (χ1) is 34.9. The highest BCUT2D eigenvalue weighted by Gasteiger charge is 2.17. The minimum absolute atomic E-state index is 0. The number of likely N-dealkylation sites (tertiary alicyclic amines) is 5. The van der Waals surface area contributed by atoms with Crippen molar-refractivity contribution < 1.29 is 4.74 Å². The third kappa shape index (κ3) is 51.3. The number of piperidine rings is 1. The van der Waals surface area contributed by atoms with Gasteiger partial charge in [0, 0.05) is 101 Å². The fourth-order valence-electron chi connectivity index (χ4n) is 10.6. The third-order valence-corrected chi connectivity index (χ3v) is 16.4. The summed E-state index contributed by atoms with van der Waals surface area (Å²) in [6.45, 7) is 63.3. The quantitative estimate of drug-likeness (QED) is 0.244. The Morgan fingerprint density at radius 1 is 0.198 bits per heavy atom. The molecule has 8 fully saturated rings. The van der Waals surface area contributed by atoms with E-state index in [1.807, 2.05) is 0 Å². The van der Waals surface area contributed by atoms with Crippen LogP contribution in [0.1, 0.15) is 273 Å². The Balaban J connectivity index is -0.000000124. The third-order valence-electron chi connectivity index (χ3n) is 16.4. The van der Waals surface area contributed by atoms with Gasteiger partial charge in [-0.15, -0.1) is 0 Å². The summed E-state index contributed by atoms with van der Waals surface area (Å²) in [5, 5.41) is 6.72. The van der Waals surface area contributed by atoms with E-state index in [4.69, 9.17) is 4.74 Å². The number of hydrogen-bond acceptors (Lipinski definition) is 11. The van der Waals surface area contributed by atoms with Gasteiger partial charge in [-0.2, -0.15) is 0 Å². The van der Waals surface area contributed by atoms with Crippen LogP contribution in [0.5, 0.6) is 0 Å². The van der Waals surface area contributed by atoms with Crippen molar-refractivity contribution in [3.8, 4) is 0 Å². The van der Waals surface area contributed by atoms with E-state index in [2.05, 4.69) is 161 Å². The fraction of sp³-hybridized carbons (Fsp3) is 1.00. The predicted octanol–water partition coefficient (Wildman–Crippen LogP) is 16.2. The number of nitrogens with one attached hydrogen (secondary N) is 2. The van der Waals surface area contributed by atoms with Crippen LogP contribution in [0.25, 0.3) is 0 Å². The van der Waals surface area contributed by atoms with E-state index < -0.39 is 0 Å². The minimum Gasteiger partial charge on any atom is -0.379 e. The van der Waals surface area contributed by atoms with Crippen LogP contribution in [0.2, 0.25) is 0 Å². The molecule has 0 spiro atoms. The number of ether oxygens (including phenoxy) is 1. The monoisotopic (exact) mass is 1160 g/mol. The van der Waals surface area contributed by atoms with Gasteiger partial charge in [-0.25, -0.2) is 0 Å². The smallest absolute Gasteiger partial charge is 0.0594 e. The van der Waals surface area contributed by atoms with Crippen molar-refractivity contribution in [3.63, 3.8) is 0 Å². The molecule has 0 bridgehead atoms. The van der Waals surface area contributed by atoms with Gasteiger partial charge in [0.15, 0.2) is 0 Å². The topological polar surface area (TPSA) is 59.2 Å². The summed E-state index contributed by atoms with van der Waals surface area (Å²) in [5.41, 5.74) is 0. The fourth-order valence-corrected chi connectivity index (χ4v) is 10.6. The molecule has 0 atom stereocenters. The van der Waals surface area contributed by atoms with Crippen LogP contribution in [0, 0.1) is 0 Å². The van der Waals surface area contributed by atoms with Crippen molar-refractivity contribution in [1.82, 2.24) is 49.8 Å². The Labute approximate surface area is 517 Å². The molecule has 0 aromatic carbocycles. The van der Waals surface area contributed by atoms with Gasteiger partial charge in [-0.05, 0) is 254 Å². The van der Waals surface area contributed by atoms with Crippen molar-refractivity contribution in [1.29, 1.82) is 0 Å². The Bertz CT molecular complexity index is 1060. The largest absolute Gasteiger partial charge is 0.379 e. The molecule has 8 rings (SSSR count). The molecule has 2 N–H and O–H groups in total. The Hall–Kier alpha value is -0.440. The number of morpholine rings is 1. The van der Waals surface area contributed by atoms with E-state index >= 15 is 0 Å². The molecule has 502 valence electrons. The molecule has 0 unspecified atom stereocenters. The minimum atomic E-state index is 0. The summed E-state index contributed by atoms with van der Waals surface area (Å²) in [4.78, 5) is 20.2. The lowest BCUT2D eigenvalue weighted by atomic mass is 10.1. The van der Waals surface area contributed by atoms with Gasteiger partial charge in [0.1, 0.15) is 0 Å². The zero-order valence-corrected chi connectivity index (χ0v) is 52.5. The van der Waals surface area contributed by atoms with E-state index in [0.29, 0.717) is 6.04 Å². The summed E-state index contributed by atoms with van der Waals surface area (Å²) in [5.74, 6) is 0. The van der Waals surface area contributed by atoms with Crippen molar-refractivity contribution in [3.05, 3.63) is 0 Å². The van der Waals surface area contributed by atoms with Gasteiger partial charge in [0.25, 0.3) is 0 Å². The number of piperazine rings is 1. The standard InChI is InChI=1S/C10H21N.C9H19N.C8H18N2.C8H17N.C7H16N2.C7H15NO.C7H15N.C6H13N.8CH4/c1-10(2)11-8-6-4-3-5-7-9-11;1-9(2)10-7-5-3-4-6-8-10;1-8(2)10-6-3-4-9-5-7-10;1-8(2)9-6-4-3-5-7-9;1-7(2)9-5-3-8-4-6-9;1-7(2)8-3-5-9-6-4-8;1-7(2)8-5-3-4-6-8;1-6(2)7-4-3-5-7;;;;;;;;/h10H,3-9H2,1-2H3;9H,3-8H2,1-2H3;8-9H,3-7H2,1-2H3;8H,3-7H2,1-2H3;7-8H,3-6H2,1-2H3;7H,3-6H2,1-2H3;7H,3-6H2,1-2H3;6H,3-5H2,1-2H3;8*1H4. The lowest BCUT2D eigenvalue weighted by Gasteiger charge is -2.34. The molecule has 0 amide bonds. The molecule has 0 radical (unpaired) electrons. The zero-order valence-electron chi connectivity index (χ0n) is 52.5. The van der Waals surface area contributed by atoms with Crippen molar-refractivity contribution in [2.45, 2.75) is 321 Å². The maximum absolute atomic E-state index is 5.21. The van der Waals surface area contributed by atoms with E-state index in [1.54, 1.807) is 0 Å². The predicted molar refractivity (Wildman–Crippen MR) is 378 cm³/mol. The maximum Gasteiger partial charge on any atom is 0.0594 e. The van der Waals surface area contributed by atoms with Crippen molar-refractivity contribution in [2.24, 2.45) is 0 Å². The van der Waals surface area contributed by atoms with E-state index in [0.717, 1.165) is 88.2 Å². The first kappa shape index (κ1) is 96.9. The van der Waals surface area contributed by atoms with Crippen molar-refractivity contribution in [2.75, 3.05) is 144 Å². The number of rotatable bonds is 8. The second-order valence-electron chi connectivity index (χ2n) is 24.8. The first-order valence-electron chi connectivity index (χ1n) is 31.9. The molecule has 8 aliphatic rings. The Kier molecular flexibility index (Phi) is 74.9. The summed E-state index contributed by atoms with van der Waals surface area (Å²) in [6.07, 6.45) is 22.7. The zero-order chi connectivity index (χ0) is 54.2. The van der Waals surface area contributed by atoms with Gasteiger partial charge in [0.2, 0.25) is 0 Å². The molecule has 0 aromatic rings. The number of hydrogen-bond donors (Lipinski definition) is 2. The molecule has 8 aliphatic heterocycles. The number of nitrogens with zero attached hydrogens (tertiary/aromatic N) is 8. The van der Waals surface area contributed by atoms with Crippen LogP contribution in [-0.2, 0) is 4.74 Å². The SMILES string of the molecule is C.C.C.C.C.C.C.C.CC(C)N1CCC1.CC(C)N1CCCC1.CC(C)N1CCCCC1.CC(C)N1CCCCCC1.CC(C)N1CCCCCCC1.CC(C)N1CCCNCC1.CC(C)N1CCNCC1.CC(C)N1CCOCC1. The molecule has 11 nitrogen and oxygen atoms in total. The highest BCUT2D eigenvalue weighted by atomic mass is 16.5. The average Bonchev–Trinajstić information content (AvgIpc) is 3.55. The molecule has 8 heterocycles. The van der Waals surface area contributed by atoms with Crippen LogP contribution in [0.4, 0.5) is 0 Å². The van der Waals surface area contributed by atoms with E-state index in [1.165, 1.54) is 201 Å². The van der Waals surface area contributed by atoms with Gasteiger partial charge in [0.05, 0.1) is 13.2 Å². The first-order valence-corrected chi connectivity index (χ1v) is 31.9. The lowest BCUT2D eigenvalue weighted by molar-refractivity contribution is 0.0238. The molecule has 0 saturated carbocycles. The van der Waals surface area contributed by atoms with Gasteiger partial charge in [-0.3, -0.25) is 14.7 Å². The van der Waals surface area contributed by atoms with Crippen LogP contribution >= 0.6 is 0 Å². The summed E-state index contributed by atoms with van der Waals surface area (Å²) < 4.78 is 5.21. The van der Waals surface area contributed by atoms with Crippen LogP contribution < -0.4 is 10.6 Å². The highest BCUT2D eigenvalue weighted by molar-refractivity contribution is 4.74. The normalized spacial score (nSPS) is 20.7. The van der Waals surface area contributed by atoms with Crippen molar-refractivity contribution >= 4 is 0 Å². The molecule has 81 heavy (non-hydrogen) atoms. The second kappa shape index (κ2) is 62.6. The van der Waals surface area contributed by atoms with E-state index in [9.17, 15) is 0 Å². The van der Waals surface area contributed by atoms with Crippen LogP contribution in [-0.4, -0.2) is 232 Å². The maximum atomic E-state index is 5.21. The van der Waals surface area contributed by atoms with Crippen LogP contribution in [0.3, 0.4) is 0 Å².